The summed E-state index contributed by atoms with van der Waals surface area (Å²) < 4.78 is 5.73. The first-order valence-electron chi connectivity index (χ1n) is 7.41. The smallest absolute Gasteiger partial charge is 0.188 e. The molecule has 1 aliphatic carbocycles. The van der Waals surface area contributed by atoms with E-state index in [-0.39, 0.29) is 12.4 Å². The van der Waals surface area contributed by atoms with Crippen molar-refractivity contribution in [1.82, 2.24) is 0 Å². The molecule has 0 unspecified atom stereocenters. The lowest BCUT2D eigenvalue weighted by Crippen LogP contribution is -2.21. The molecule has 0 bridgehead atoms. The molecular formula is C17H24O2. The van der Waals surface area contributed by atoms with Gasteiger partial charge in [-0.1, -0.05) is 57.4 Å². The highest BCUT2D eigenvalue weighted by atomic mass is 16.5. The van der Waals surface area contributed by atoms with E-state index in [9.17, 15) is 4.79 Å². The number of ketones is 1. The average Bonchev–Trinajstić information content (AvgIpc) is 2.46. The van der Waals surface area contributed by atoms with Gasteiger partial charge in [-0.3, -0.25) is 4.79 Å². The summed E-state index contributed by atoms with van der Waals surface area (Å²) >= 11 is 0. The number of ether oxygens (including phenoxy) is 1. The monoisotopic (exact) mass is 260 g/mol. The van der Waals surface area contributed by atoms with Crippen LogP contribution in [0.5, 0.6) is 0 Å². The van der Waals surface area contributed by atoms with Crippen molar-refractivity contribution >= 4 is 5.78 Å². The van der Waals surface area contributed by atoms with Crippen LogP contribution in [0.15, 0.2) is 24.3 Å². The van der Waals surface area contributed by atoms with Crippen molar-refractivity contribution in [2.75, 3.05) is 6.61 Å². The lowest BCUT2D eigenvalue weighted by Gasteiger charge is -2.21. The maximum atomic E-state index is 12.0. The summed E-state index contributed by atoms with van der Waals surface area (Å²) in [6, 6.07) is 7.92. The molecule has 1 aromatic carbocycles. The summed E-state index contributed by atoms with van der Waals surface area (Å²) in [5, 5.41) is 0. The second-order valence-corrected chi connectivity index (χ2v) is 5.77. The van der Waals surface area contributed by atoms with Crippen LogP contribution in [0.25, 0.3) is 0 Å². The molecule has 1 saturated carbocycles. The van der Waals surface area contributed by atoms with Crippen LogP contribution in [0.1, 0.15) is 67.8 Å². The number of carbonyl (C=O) groups excluding carboxylic acids is 1. The molecule has 0 aromatic heterocycles. The molecule has 19 heavy (non-hydrogen) atoms. The molecule has 104 valence electrons. The topological polar surface area (TPSA) is 26.3 Å². The fourth-order valence-electron chi connectivity index (χ4n) is 2.56. The van der Waals surface area contributed by atoms with Crippen molar-refractivity contribution < 1.29 is 9.53 Å². The summed E-state index contributed by atoms with van der Waals surface area (Å²) in [5.74, 6) is 0.600. The van der Waals surface area contributed by atoms with E-state index in [1.165, 1.54) is 24.8 Å². The molecule has 0 atom stereocenters. The van der Waals surface area contributed by atoms with E-state index in [4.69, 9.17) is 4.74 Å². The van der Waals surface area contributed by atoms with Gasteiger partial charge in [0, 0.05) is 5.56 Å². The Morgan fingerprint density at radius 3 is 2.37 bits per heavy atom. The van der Waals surface area contributed by atoms with Crippen LogP contribution >= 0.6 is 0 Å². The molecule has 0 aliphatic heterocycles. The molecule has 0 saturated heterocycles. The predicted molar refractivity (Wildman–Crippen MR) is 77.7 cm³/mol. The van der Waals surface area contributed by atoms with Gasteiger partial charge in [0.1, 0.15) is 6.61 Å². The van der Waals surface area contributed by atoms with Crippen LogP contribution in [0.2, 0.25) is 0 Å². The third-order valence-corrected chi connectivity index (χ3v) is 3.90. The fraction of sp³-hybridized carbons (Fsp3) is 0.588. The van der Waals surface area contributed by atoms with E-state index in [2.05, 4.69) is 13.8 Å². The number of Topliss-reactive ketones (excluding diaryl/α,β-unsaturated/α-hetero) is 1. The fourth-order valence-corrected chi connectivity index (χ4v) is 2.56. The Morgan fingerprint density at radius 1 is 1.16 bits per heavy atom. The summed E-state index contributed by atoms with van der Waals surface area (Å²) in [5.41, 5.74) is 2.03. The number of hydrogen-bond donors (Lipinski definition) is 0. The number of hydrogen-bond acceptors (Lipinski definition) is 2. The third-order valence-electron chi connectivity index (χ3n) is 3.90. The standard InChI is InChI=1S/C17H24O2/c1-13(2)14-8-10-15(11-9-14)17(18)12-19-16-6-4-3-5-7-16/h8-11,13,16H,3-7,12H2,1-2H3. The first-order chi connectivity index (χ1) is 9.16. The Hall–Kier alpha value is -1.15. The van der Waals surface area contributed by atoms with E-state index in [0.717, 1.165) is 18.4 Å². The van der Waals surface area contributed by atoms with E-state index in [1.54, 1.807) is 0 Å². The Morgan fingerprint density at radius 2 is 1.79 bits per heavy atom. The van der Waals surface area contributed by atoms with E-state index in [0.29, 0.717) is 12.0 Å². The van der Waals surface area contributed by atoms with Crippen LogP contribution in [0.3, 0.4) is 0 Å². The minimum atomic E-state index is 0.0980. The van der Waals surface area contributed by atoms with Crippen molar-refractivity contribution in [3.63, 3.8) is 0 Å². The lowest BCUT2D eigenvalue weighted by molar-refractivity contribution is 0.0284. The molecule has 1 aromatic rings. The number of carbonyl (C=O) groups is 1. The average molecular weight is 260 g/mol. The molecule has 0 spiro atoms. The second-order valence-electron chi connectivity index (χ2n) is 5.77. The van der Waals surface area contributed by atoms with Gasteiger partial charge < -0.3 is 4.74 Å². The minimum Gasteiger partial charge on any atom is -0.370 e. The van der Waals surface area contributed by atoms with Gasteiger partial charge in [0.05, 0.1) is 6.10 Å². The van der Waals surface area contributed by atoms with Crippen molar-refractivity contribution in [2.24, 2.45) is 0 Å². The van der Waals surface area contributed by atoms with Gasteiger partial charge in [0.15, 0.2) is 5.78 Å². The zero-order chi connectivity index (χ0) is 13.7. The van der Waals surface area contributed by atoms with E-state index in [1.807, 2.05) is 24.3 Å². The zero-order valence-corrected chi connectivity index (χ0v) is 12.0. The Balaban J connectivity index is 1.85. The molecular weight excluding hydrogens is 236 g/mol. The summed E-state index contributed by atoms with van der Waals surface area (Å²) in [6.07, 6.45) is 6.31. The van der Waals surface area contributed by atoms with Crippen LogP contribution in [-0.4, -0.2) is 18.5 Å². The van der Waals surface area contributed by atoms with Crippen molar-refractivity contribution in [3.8, 4) is 0 Å². The van der Waals surface area contributed by atoms with Crippen LogP contribution in [0.4, 0.5) is 0 Å². The lowest BCUT2D eigenvalue weighted by atomic mass is 9.97. The summed E-state index contributed by atoms with van der Waals surface area (Å²) in [7, 11) is 0. The Kier molecular flexibility index (Phi) is 5.15. The van der Waals surface area contributed by atoms with Gasteiger partial charge in [0.2, 0.25) is 0 Å². The first kappa shape index (κ1) is 14.3. The van der Waals surface area contributed by atoms with E-state index < -0.39 is 0 Å². The van der Waals surface area contributed by atoms with E-state index >= 15 is 0 Å². The largest absolute Gasteiger partial charge is 0.370 e. The zero-order valence-electron chi connectivity index (χ0n) is 12.0. The quantitative estimate of drug-likeness (QED) is 0.736. The van der Waals surface area contributed by atoms with Gasteiger partial charge >= 0.3 is 0 Å². The van der Waals surface area contributed by atoms with Gasteiger partial charge in [-0.2, -0.15) is 0 Å². The number of benzene rings is 1. The first-order valence-corrected chi connectivity index (χ1v) is 7.41. The molecule has 2 nitrogen and oxygen atoms in total. The molecule has 0 amide bonds. The van der Waals surface area contributed by atoms with Crippen LogP contribution < -0.4 is 0 Å². The Bertz CT molecular complexity index is 400. The Labute approximate surface area is 116 Å². The summed E-state index contributed by atoms with van der Waals surface area (Å²) in [4.78, 5) is 12.0. The van der Waals surface area contributed by atoms with Gasteiger partial charge in [-0.05, 0) is 24.3 Å². The van der Waals surface area contributed by atoms with Crippen LogP contribution in [0, 0.1) is 0 Å². The predicted octanol–water partition coefficient (Wildman–Crippen LogP) is 4.34. The highest BCUT2D eigenvalue weighted by Crippen LogP contribution is 2.20. The summed E-state index contributed by atoms with van der Waals surface area (Å²) in [6.45, 7) is 4.54. The molecule has 0 N–H and O–H groups in total. The van der Waals surface area contributed by atoms with Crippen molar-refractivity contribution in [2.45, 2.75) is 58.0 Å². The van der Waals surface area contributed by atoms with Crippen LogP contribution in [-0.2, 0) is 4.74 Å². The molecule has 2 rings (SSSR count). The molecule has 0 radical (unpaired) electrons. The highest BCUT2D eigenvalue weighted by molar-refractivity contribution is 5.97. The van der Waals surface area contributed by atoms with Gasteiger partial charge in [0.25, 0.3) is 0 Å². The maximum absolute atomic E-state index is 12.0. The van der Waals surface area contributed by atoms with Crippen molar-refractivity contribution in [3.05, 3.63) is 35.4 Å². The number of rotatable bonds is 5. The molecule has 1 aliphatic rings. The molecule has 0 heterocycles. The van der Waals surface area contributed by atoms with Gasteiger partial charge in [-0.25, -0.2) is 0 Å². The molecule has 1 fully saturated rings. The second kappa shape index (κ2) is 6.85. The maximum Gasteiger partial charge on any atom is 0.188 e. The van der Waals surface area contributed by atoms with Gasteiger partial charge in [-0.15, -0.1) is 0 Å². The third kappa shape index (κ3) is 4.17. The normalized spacial score (nSPS) is 16.8. The minimum absolute atomic E-state index is 0.0980. The highest BCUT2D eigenvalue weighted by Gasteiger charge is 2.15. The van der Waals surface area contributed by atoms with Crippen molar-refractivity contribution in [1.29, 1.82) is 0 Å². The molecule has 2 heteroatoms. The SMILES string of the molecule is CC(C)c1ccc(C(=O)COC2CCCCC2)cc1.